The summed E-state index contributed by atoms with van der Waals surface area (Å²) in [5, 5.41) is 9.83. The lowest BCUT2D eigenvalue weighted by atomic mass is 9.89. The van der Waals surface area contributed by atoms with E-state index in [0.29, 0.717) is 0 Å². The molecule has 13 heavy (non-hydrogen) atoms. The van der Waals surface area contributed by atoms with Crippen molar-refractivity contribution in [1.29, 1.82) is 0 Å². The molecule has 0 bridgehead atoms. The summed E-state index contributed by atoms with van der Waals surface area (Å²) in [5.74, 6) is 0. The Bertz CT molecular complexity index is 163. The van der Waals surface area contributed by atoms with Gasteiger partial charge in [0.15, 0.2) is 6.29 Å². The summed E-state index contributed by atoms with van der Waals surface area (Å²) in [5.41, 5.74) is -1.42. The minimum absolute atomic E-state index is 0.138. The molecular weight excluding hydrogens is 168 g/mol. The molecule has 1 aliphatic heterocycles. The Morgan fingerprint density at radius 3 is 2.31 bits per heavy atom. The monoisotopic (exact) mass is 188 g/mol. The first kappa shape index (κ1) is 11.0. The van der Waals surface area contributed by atoms with Crippen molar-refractivity contribution in [3.8, 4) is 0 Å². The number of ether oxygens (including phenoxy) is 2. The fourth-order valence-corrected chi connectivity index (χ4v) is 1.11. The molecule has 1 aliphatic rings. The molecule has 1 saturated heterocycles. The Labute approximate surface area is 80.0 Å². The molecule has 0 aromatic carbocycles. The third-order valence-corrected chi connectivity index (χ3v) is 2.79. The first-order valence-electron chi connectivity index (χ1n) is 4.85. The molecule has 0 aromatic rings. The molecule has 0 spiro atoms. The minimum Gasteiger partial charge on any atom is -0.387 e. The zero-order valence-corrected chi connectivity index (χ0v) is 8.96. The normalized spacial score (nSPS) is 25.2. The van der Waals surface area contributed by atoms with Gasteiger partial charge in [0, 0.05) is 13.0 Å². The van der Waals surface area contributed by atoms with Crippen LogP contribution in [-0.4, -0.2) is 29.2 Å². The second-order valence-corrected chi connectivity index (χ2v) is 4.63. The highest BCUT2D eigenvalue weighted by Gasteiger charge is 2.39. The summed E-state index contributed by atoms with van der Waals surface area (Å²) in [6.45, 7) is 8.04. The lowest BCUT2D eigenvalue weighted by Crippen LogP contribution is -2.49. The van der Waals surface area contributed by atoms with Gasteiger partial charge in [-0.15, -0.1) is 0 Å². The molecule has 1 fully saturated rings. The summed E-state index contributed by atoms with van der Waals surface area (Å²) < 4.78 is 11.0. The zero-order chi connectivity index (χ0) is 10.1. The van der Waals surface area contributed by atoms with Crippen LogP contribution in [0, 0.1) is 0 Å². The summed E-state index contributed by atoms with van der Waals surface area (Å²) in [6.07, 6.45) is 1.84. The molecule has 78 valence electrons. The number of hydrogen-bond donors (Lipinski definition) is 1. The van der Waals surface area contributed by atoms with Gasteiger partial charge < -0.3 is 14.6 Å². The average Bonchev–Trinajstić information content (AvgIpc) is 2.35. The molecule has 1 heterocycles. The van der Waals surface area contributed by atoms with E-state index in [0.717, 1.165) is 19.4 Å². The average molecular weight is 188 g/mol. The van der Waals surface area contributed by atoms with Crippen molar-refractivity contribution in [3.63, 3.8) is 0 Å². The fourth-order valence-electron chi connectivity index (χ4n) is 1.11. The number of aliphatic hydroxyl groups is 1. The van der Waals surface area contributed by atoms with Gasteiger partial charge in [-0.3, -0.25) is 0 Å². The van der Waals surface area contributed by atoms with Crippen LogP contribution in [0.2, 0.25) is 0 Å². The van der Waals surface area contributed by atoms with Crippen molar-refractivity contribution in [2.45, 2.75) is 58.0 Å². The number of rotatable bonds is 3. The molecule has 1 atom stereocenters. The van der Waals surface area contributed by atoms with E-state index in [9.17, 15) is 5.11 Å². The predicted molar refractivity (Wildman–Crippen MR) is 50.4 cm³/mol. The molecule has 0 saturated carbocycles. The van der Waals surface area contributed by atoms with Crippen molar-refractivity contribution >= 4 is 0 Å². The van der Waals surface area contributed by atoms with E-state index in [1.54, 1.807) is 13.8 Å². The van der Waals surface area contributed by atoms with E-state index in [4.69, 9.17) is 9.47 Å². The molecule has 0 aliphatic carbocycles. The van der Waals surface area contributed by atoms with E-state index < -0.39 is 11.2 Å². The van der Waals surface area contributed by atoms with Gasteiger partial charge in [0.1, 0.15) is 0 Å². The predicted octanol–water partition coefficient (Wildman–Crippen LogP) is 1.69. The van der Waals surface area contributed by atoms with E-state index in [1.165, 1.54) is 0 Å². The van der Waals surface area contributed by atoms with Crippen LogP contribution in [0.3, 0.4) is 0 Å². The molecular formula is C10H20O3. The van der Waals surface area contributed by atoms with E-state index >= 15 is 0 Å². The van der Waals surface area contributed by atoms with E-state index in [-0.39, 0.29) is 6.29 Å². The van der Waals surface area contributed by atoms with Gasteiger partial charge in [0.2, 0.25) is 0 Å². The lowest BCUT2D eigenvalue weighted by Gasteiger charge is -2.38. The Hall–Kier alpha value is -0.120. The molecule has 3 heteroatoms. The number of hydrogen-bond acceptors (Lipinski definition) is 3. The van der Waals surface area contributed by atoms with Crippen LogP contribution in [0.5, 0.6) is 0 Å². The maximum absolute atomic E-state index is 9.83. The maximum atomic E-state index is 9.83. The molecule has 3 nitrogen and oxygen atoms in total. The van der Waals surface area contributed by atoms with Crippen LogP contribution in [0.25, 0.3) is 0 Å². The van der Waals surface area contributed by atoms with E-state index in [2.05, 4.69) is 0 Å². The van der Waals surface area contributed by atoms with Gasteiger partial charge in [-0.1, -0.05) is 0 Å². The molecule has 0 aromatic heterocycles. The second-order valence-electron chi connectivity index (χ2n) is 4.63. The smallest absolute Gasteiger partial charge is 0.158 e. The van der Waals surface area contributed by atoms with Crippen molar-refractivity contribution in [1.82, 2.24) is 0 Å². The molecule has 0 amide bonds. The Kier molecular flexibility index (Phi) is 3.00. The van der Waals surface area contributed by atoms with Crippen LogP contribution < -0.4 is 0 Å². The Morgan fingerprint density at radius 1 is 1.31 bits per heavy atom. The highest BCUT2D eigenvalue weighted by Crippen LogP contribution is 2.29. The molecule has 0 radical (unpaired) electrons. The van der Waals surface area contributed by atoms with Crippen molar-refractivity contribution in [2.75, 3.05) is 6.61 Å². The van der Waals surface area contributed by atoms with Crippen LogP contribution in [0.1, 0.15) is 40.5 Å². The van der Waals surface area contributed by atoms with Gasteiger partial charge in [-0.05, 0) is 34.1 Å². The Balaban J connectivity index is 2.50. The second kappa shape index (κ2) is 3.56. The summed E-state index contributed by atoms with van der Waals surface area (Å²) >= 11 is 0. The summed E-state index contributed by atoms with van der Waals surface area (Å²) in [6, 6.07) is 0. The SMILES string of the molecule is CC(C)(O)C(C)(C)OC1CCCO1. The van der Waals surface area contributed by atoms with Crippen molar-refractivity contribution < 1.29 is 14.6 Å². The minimum atomic E-state index is -0.848. The quantitative estimate of drug-likeness (QED) is 0.732. The van der Waals surface area contributed by atoms with Gasteiger partial charge in [-0.25, -0.2) is 0 Å². The zero-order valence-electron chi connectivity index (χ0n) is 8.96. The molecule has 1 rings (SSSR count). The standard InChI is InChI=1S/C10H20O3/c1-9(2,11)10(3,4)13-8-6-5-7-12-8/h8,11H,5-7H2,1-4H3. The van der Waals surface area contributed by atoms with Crippen LogP contribution >= 0.6 is 0 Å². The van der Waals surface area contributed by atoms with Crippen molar-refractivity contribution in [2.24, 2.45) is 0 Å². The highest BCUT2D eigenvalue weighted by molar-refractivity contribution is 4.88. The maximum Gasteiger partial charge on any atom is 0.158 e. The van der Waals surface area contributed by atoms with E-state index in [1.807, 2.05) is 13.8 Å². The third kappa shape index (κ3) is 2.66. The Morgan fingerprint density at radius 2 is 1.92 bits per heavy atom. The van der Waals surface area contributed by atoms with Gasteiger partial charge >= 0.3 is 0 Å². The van der Waals surface area contributed by atoms with Gasteiger partial charge in [-0.2, -0.15) is 0 Å². The summed E-state index contributed by atoms with van der Waals surface area (Å²) in [7, 11) is 0. The van der Waals surface area contributed by atoms with Crippen LogP contribution in [-0.2, 0) is 9.47 Å². The summed E-state index contributed by atoms with van der Waals surface area (Å²) in [4.78, 5) is 0. The van der Waals surface area contributed by atoms with Crippen LogP contribution in [0.4, 0.5) is 0 Å². The molecule has 1 N–H and O–H groups in total. The highest BCUT2D eigenvalue weighted by atomic mass is 16.7. The lowest BCUT2D eigenvalue weighted by molar-refractivity contribution is -0.232. The van der Waals surface area contributed by atoms with Crippen LogP contribution in [0.15, 0.2) is 0 Å². The van der Waals surface area contributed by atoms with Crippen molar-refractivity contribution in [3.05, 3.63) is 0 Å². The fraction of sp³-hybridized carbons (Fsp3) is 1.00. The third-order valence-electron chi connectivity index (χ3n) is 2.79. The first-order valence-corrected chi connectivity index (χ1v) is 4.85. The largest absolute Gasteiger partial charge is 0.387 e. The first-order chi connectivity index (χ1) is 5.83. The van der Waals surface area contributed by atoms with Gasteiger partial charge in [0.25, 0.3) is 0 Å². The van der Waals surface area contributed by atoms with Gasteiger partial charge in [0.05, 0.1) is 11.2 Å². The topological polar surface area (TPSA) is 38.7 Å². The molecule has 1 unspecified atom stereocenters.